The Kier molecular flexibility index (Phi) is 13.3. The fourth-order valence-electron chi connectivity index (χ4n) is 9.64. The van der Waals surface area contributed by atoms with Gasteiger partial charge in [0.2, 0.25) is 0 Å². The van der Waals surface area contributed by atoms with Crippen molar-refractivity contribution in [1.29, 1.82) is 0 Å². The van der Waals surface area contributed by atoms with Crippen molar-refractivity contribution in [2.24, 2.45) is 5.92 Å². The maximum atomic E-state index is 6.27. The van der Waals surface area contributed by atoms with E-state index in [-0.39, 0.29) is 20.1 Å². The summed E-state index contributed by atoms with van der Waals surface area (Å²) in [5.41, 5.74) is 15.0. The van der Waals surface area contributed by atoms with Crippen LogP contribution in [-0.4, -0.2) is 18.0 Å². The SMILES string of the molecule is Cc1cc(-c2[c-]ccc(C3CCCC3)c2)ncc1[Si](C)(C)C.[Ir].[c-]1cc2oc3cc(-c4ccc(-c5ccccc5)cc4)ccc3c2cc1-c1cc(CC2CCCCC2)ccn1. The van der Waals surface area contributed by atoms with E-state index in [0.29, 0.717) is 0 Å². The standard InChI is InChI=1S/C36H30NO.C20H26NSi.Ir/c1-3-7-25(8-4-1)21-26-19-20-37-34(22-26)31-16-18-35-33(23-31)32-17-15-30(24-36(32)38-35)29-13-11-28(12-14-29)27-9-5-2-6-10-27;1-15-12-19(21-14-20(15)22(2,3)4)18-11-7-10-17(13-18)16-8-5-6-9-16;/h2,5-6,9-15,17-20,22-25H,1,3-4,7-8,21H2;7,10,12-14,16H,5-6,8-9H2,1-4H3;/q2*-1;. The van der Waals surface area contributed by atoms with Crippen LogP contribution in [0.4, 0.5) is 0 Å². The van der Waals surface area contributed by atoms with E-state index in [1.54, 1.807) is 0 Å². The summed E-state index contributed by atoms with van der Waals surface area (Å²) in [6.07, 6.45) is 17.5. The molecule has 3 aromatic heterocycles. The van der Waals surface area contributed by atoms with Crippen molar-refractivity contribution in [3.05, 3.63) is 163 Å². The normalized spacial score (nSPS) is 14.8. The van der Waals surface area contributed by atoms with Gasteiger partial charge in [0.05, 0.1) is 13.7 Å². The second-order valence-electron chi connectivity index (χ2n) is 18.3. The zero-order valence-corrected chi connectivity index (χ0v) is 39.5. The molecule has 0 bridgehead atoms. The van der Waals surface area contributed by atoms with Crippen LogP contribution in [0.15, 0.2) is 138 Å². The van der Waals surface area contributed by atoms with Gasteiger partial charge >= 0.3 is 0 Å². The summed E-state index contributed by atoms with van der Waals surface area (Å²) in [4.78, 5) is 9.44. The minimum absolute atomic E-state index is 0. The third-order valence-electron chi connectivity index (χ3n) is 12.9. The topological polar surface area (TPSA) is 38.9 Å². The average molecular weight is 993 g/mol. The Morgan fingerprint density at radius 1 is 0.623 bits per heavy atom. The Labute approximate surface area is 377 Å². The monoisotopic (exact) mass is 993 g/mol. The van der Waals surface area contributed by atoms with Crippen LogP contribution < -0.4 is 5.19 Å². The van der Waals surface area contributed by atoms with Crippen LogP contribution in [0.3, 0.4) is 0 Å². The maximum Gasteiger partial charge on any atom is 0.121 e. The molecular weight excluding hydrogens is 937 g/mol. The van der Waals surface area contributed by atoms with E-state index in [1.165, 1.54) is 96.4 Å². The molecule has 0 atom stereocenters. The Balaban J connectivity index is 0.000000191. The second-order valence-corrected chi connectivity index (χ2v) is 23.3. The van der Waals surface area contributed by atoms with E-state index >= 15 is 0 Å². The van der Waals surface area contributed by atoms with Gasteiger partial charge < -0.3 is 14.4 Å². The summed E-state index contributed by atoms with van der Waals surface area (Å²) >= 11 is 0. The van der Waals surface area contributed by atoms with Gasteiger partial charge in [0.25, 0.3) is 0 Å². The van der Waals surface area contributed by atoms with Crippen LogP contribution in [0, 0.1) is 25.0 Å². The van der Waals surface area contributed by atoms with E-state index in [2.05, 4.69) is 154 Å². The molecule has 5 heteroatoms. The van der Waals surface area contributed by atoms with Crippen LogP contribution >= 0.6 is 0 Å². The summed E-state index contributed by atoms with van der Waals surface area (Å²) in [6.45, 7) is 9.36. The van der Waals surface area contributed by atoms with Gasteiger partial charge in [-0.15, -0.1) is 59.2 Å². The largest absolute Gasteiger partial charge is 0.500 e. The van der Waals surface area contributed by atoms with E-state index in [9.17, 15) is 0 Å². The fraction of sp³-hybridized carbons (Fsp3) is 0.286. The smallest absolute Gasteiger partial charge is 0.121 e. The number of pyridine rings is 2. The molecule has 0 N–H and O–H groups in total. The number of aryl methyl sites for hydroxylation is 1. The van der Waals surface area contributed by atoms with E-state index < -0.39 is 8.07 Å². The van der Waals surface area contributed by atoms with Crippen molar-refractivity contribution in [3.63, 3.8) is 0 Å². The summed E-state index contributed by atoms with van der Waals surface area (Å²) in [6, 6.07) is 50.0. The molecule has 0 spiro atoms. The molecule has 3 nitrogen and oxygen atoms in total. The third kappa shape index (κ3) is 9.91. The van der Waals surface area contributed by atoms with Gasteiger partial charge in [-0.3, -0.25) is 0 Å². The molecule has 0 amide bonds. The molecule has 61 heavy (non-hydrogen) atoms. The molecule has 2 fully saturated rings. The fourth-order valence-corrected chi connectivity index (χ4v) is 11.3. The Hall–Kier alpha value is -4.93. The van der Waals surface area contributed by atoms with E-state index in [1.807, 2.05) is 18.3 Å². The molecule has 10 rings (SSSR count). The molecular formula is C56H56IrN2OSi-2. The number of furan rings is 1. The second kappa shape index (κ2) is 19.0. The third-order valence-corrected chi connectivity index (χ3v) is 15.1. The van der Waals surface area contributed by atoms with Crippen LogP contribution in [0.25, 0.3) is 66.7 Å². The number of nitrogens with zero attached hydrogens (tertiary/aromatic N) is 2. The van der Waals surface area contributed by atoms with Crippen molar-refractivity contribution in [2.75, 3.05) is 0 Å². The quantitative estimate of drug-likeness (QED) is 0.112. The molecule has 2 aliphatic carbocycles. The van der Waals surface area contributed by atoms with Crippen molar-refractivity contribution < 1.29 is 24.5 Å². The van der Waals surface area contributed by atoms with Crippen molar-refractivity contribution >= 4 is 35.2 Å². The number of rotatable bonds is 8. The van der Waals surface area contributed by atoms with E-state index in [0.717, 1.165) is 68.3 Å². The maximum absolute atomic E-state index is 6.27. The minimum atomic E-state index is -1.31. The molecule has 311 valence electrons. The predicted octanol–water partition coefficient (Wildman–Crippen LogP) is 15.0. The van der Waals surface area contributed by atoms with Crippen molar-refractivity contribution in [3.8, 4) is 44.8 Å². The summed E-state index contributed by atoms with van der Waals surface area (Å²) < 4.78 is 6.27. The van der Waals surface area contributed by atoms with Crippen LogP contribution in [0.2, 0.25) is 19.6 Å². The Morgan fingerprint density at radius 2 is 1.30 bits per heavy atom. The van der Waals surface area contributed by atoms with E-state index in [4.69, 9.17) is 14.4 Å². The first-order valence-electron chi connectivity index (χ1n) is 22.2. The first kappa shape index (κ1) is 42.7. The molecule has 5 aromatic carbocycles. The van der Waals surface area contributed by atoms with Gasteiger partial charge in [-0.2, -0.15) is 0 Å². The predicted molar refractivity (Wildman–Crippen MR) is 254 cm³/mol. The number of fused-ring (bicyclic) bond motifs is 3. The van der Waals surface area contributed by atoms with Crippen LogP contribution in [0.1, 0.15) is 80.4 Å². The molecule has 1 radical (unpaired) electrons. The minimum Gasteiger partial charge on any atom is -0.500 e. The van der Waals surface area contributed by atoms with Crippen molar-refractivity contribution in [1.82, 2.24) is 9.97 Å². The molecule has 0 unspecified atom stereocenters. The number of hydrogen-bond donors (Lipinski definition) is 0. The van der Waals surface area contributed by atoms with Crippen LogP contribution in [0.5, 0.6) is 0 Å². The molecule has 3 heterocycles. The first-order valence-corrected chi connectivity index (χ1v) is 25.7. The van der Waals surface area contributed by atoms with Gasteiger partial charge in [-0.25, -0.2) is 0 Å². The number of aromatic nitrogens is 2. The molecule has 2 aliphatic rings. The molecule has 8 aromatic rings. The zero-order valence-electron chi connectivity index (χ0n) is 36.1. The molecule has 0 aliphatic heterocycles. The number of benzene rings is 5. The van der Waals surface area contributed by atoms with Gasteiger partial charge in [-0.05, 0) is 89.0 Å². The van der Waals surface area contributed by atoms with Gasteiger partial charge in [0.1, 0.15) is 5.58 Å². The Bertz CT molecular complexity index is 2720. The Morgan fingerprint density at radius 3 is 2.03 bits per heavy atom. The molecule has 0 saturated heterocycles. The van der Waals surface area contributed by atoms with Crippen molar-refractivity contribution in [2.45, 2.75) is 96.7 Å². The van der Waals surface area contributed by atoms with Crippen LogP contribution in [-0.2, 0) is 26.5 Å². The summed E-state index contributed by atoms with van der Waals surface area (Å²) in [7, 11) is -1.31. The van der Waals surface area contributed by atoms with Gasteiger partial charge in [-0.1, -0.05) is 160 Å². The zero-order chi connectivity index (χ0) is 41.1. The van der Waals surface area contributed by atoms with Gasteiger partial charge in [0, 0.05) is 37.9 Å². The molecule has 2 saturated carbocycles. The summed E-state index contributed by atoms with van der Waals surface area (Å²) in [5.74, 6) is 1.56. The van der Waals surface area contributed by atoms with Gasteiger partial charge in [0.15, 0.2) is 0 Å². The number of hydrogen-bond acceptors (Lipinski definition) is 3. The average Bonchev–Trinajstić information content (AvgIpc) is 3.96. The summed E-state index contributed by atoms with van der Waals surface area (Å²) in [5, 5.41) is 3.70. The first-order chi connectivity index (χ1) is 29.2.